The van der Waals surface area contributed by atoms with Crippen LogP contribution in [0.15, 0.2) is 30.3 Å². The molecule has 0 saturated carbocycles. The van der Waals surface area contributed by atoms with Gasteiger partial charge in [-0.15, -0.1) is 0 Å². The van der Waals surface area contributed by atoms with Gasteiger partial charge < -0.3 is 9.64 Å². The van der Waals surface area contributed by atoms with Gasteiger partial charge in [-0.05, 0) is 62.5 Å². The second-order valence-electron chi connectivity index (χ2n) is 8.13. The van der Waals surface area contributed by atoms with Gasteiger partial charge in [0.05, 0.1) is 13.2 Å². The van der Waals surface area contributed by atoms with E-state index in [0.29, 0.717) is 23.6 Å². The van der Waals surface area contributed by atoms with Crippen molar-refractivity contribution in [2.75, 3.05) is 26.7 Å². The van der Waals surface area contributed by atoms with E-state index in [9.17, 15) is 4.79 Å². The molecular formula is C21H26N4O2. The maximum Gasteiger partial charge on any atom is 0.274 e. The Labute approximate surface area is 159 Å². The van der Waals surface area contributed by atoms with E-state index in [2.05, 4.69) is 38.2 Å². The van der Waals surface area contributed by atoms with Crippen molar-refractivity contribution in [3.63, 3.8) is 0 Å². The molecule has 6 nitrogen and oxygen atoms in total. The Balaban J connectivity index is 1.52. The Morgan fingerprint density at radius 1 is 1.22 bits per heavy atom. The highest BCUT2D eigenvalue weighted by atomic mass is 16.5. The van der Waals surface area contributed by atoms with Crippen molar-refractivity contribution in [1.29, 1.82) is 0 Å². The maximum atomic E-state index is 13.3. The minimum atomic E-state index is 0.0634. The molecule has 142 valence electrons. The fourth-order valence-corrected chi connectivity index (χ4v) is 5.49. The van der Waals surface area contributed by atoms with Gasteiger partial charge in [0.25, 0.3) is 5.91 Å². The average molecular weight is 366 g/mol. The van der Waals surface area contributed by atoms with Crippen LogP contribution in [0.2, 0.25) is 0 Å². The van der Waals surface area contributed by atoms with E-state index in [1.54, 1.807) is 7.11 Å². The zero-order chi connectivity index (χ0) is 18.5. The fraction of sp³-hybridized carbons (Fsp3) is 0.524. The summed E-state index contributed by atoms with van der Waals surface area (Å²) < 4.78 is 5.45. The topological polar surface area (TPSA) is 61.5 Å². The van der Waals surface area contributed by atoms with E-state index in [1.807, 2.05) is 19.1 Å². The molecule has 1 N–H and O–H groups in total. The second-order valence-corrected chi connectivity index (χ2v) is 8.13. The zero-order valence-electron chi connectivity index (χ0n) is 15.9. The van der Waals surface area contributed by atoms with E-state index >= 15 is 0 Å². The number of ether oxygens (including phenoxy) is 1. The molecule has 3 atom stereocenters. The number of carbonyl (C=O) groups excluding carboxylic acids is 1. The van der Waals surface area contributed by atoms with E-state index in [-0.39, 0.29) is 11.9 Å². The molecule has 6 rings (SSSR count). The van der Waals surface area contributed by atoms with Crippen LogP contribution in [-0.2, 0) is 0 Å². The van der Waals surface area contributed by atoms with Gasteiger partial charge in [0, 0.05) is 24.2 Å². The number of amides is 1. The predicted molar refractivity (Wildman–Crippen MR) is 102 cm³/mol. The number of aromatic amines is 1. The standard InChI is InChI=1S/C21H26N4O2/c1-13-10-18(23-22-13)21(26)25-12-17(15-4-3-5-16(11-15)27-2)20-19(25)14-6-8-24(20)9-7-14/h3-5,10-11,14,17,19-20H,6-9,12H2,1-2H3,(H,22,23). The molecule has 2 bridgehead atoms. The Kier molecular flexibility index (Phi) is 3.97. The number of aryl methyl sites for hydroxylation is 1. The molecule has 3 unspecified atom stereocenters. The summed E-state index contributed by atoms with van der Waals surface area (Å²) in [7, 11) is 1.71. The molecule has 0 spiro atoms. The SMILES string of the molecule is COc1cccc(C2CN(C(=O)c3cc(C)[nH]n3)C3C4CCN(CC4)C23)c1. The average Bonchev–Trinajstić information content (AvgIpc) is 3.34. The summed E-state index contributed by atoms with van der Waals surface area (Å²) in [4.78, 5) is 18.0. The van der Waals surface area contributed by atoms with E-state index in [1.165, 1.54) is 18.4 Å². The number of methoxy groups -OCH3 is 1. The Morgan fingerprint density at radius 3 is 2.74 bits per heavy atom. The molecule has 0 radical (unpaired) electrons. The minimum absolute atomic E-state index is 0.0634. The summed E-state index contributed by atoms with van der Waals surface area (Å²) in [5.74, 6) is 1.86. The number of nitrogens with one attached hydrogen (secondary N) is 1. The monoisotopic (exact) mass is 366 g/mol. The predicted octanol–water partition coefficient (Wildman–Crippen LogP) is 2.43. The van der Waals surface area contributed by atoms with Gasteiger partial charge in [0.2, 0.25) is 0 Å². The largest absolute Gasteiger partial charge is 0.497 e. The third-order valence-electron chi connectivity index (χ3n) is 6.70. The van der Waals surface area contributed by atoms with Crippen molar-refractivity contribution >= 4 is 5.91 Å². The van der Waals surface area contributed by atoms with Gasteiger partial charge in [-0.1, -0.05) is 12.1 Å². The number of benzene rings is 1. The van der Waals surface area contributed by atoms with Crippen LogP contribution in [0.1, 0.15) is 40.5 Å². The number of likely N-dealkylation sites (tertiary alicyclic amines) is 1. The van der Waals surface area contributed by atoms with Crippen LogP contribution in [-0.4, -0.2) is 64.7 Å². The first-order valence-corrected chi connectivity index (χ1v) is 9.86. The summed E-state index contributed by atoms with van der Waals surface area (Å²) in [6.07, 6.45) is 2.38. The van der Waals surface area contributed by atoms with Crippen LogP contribution in [0.4, 0.5) is 0 Å². The number of nitrogens with zero attached hydrogens (tertiary/aromatic N) is 3. The first kappa shape index (κ1) is 16.8. The summed E-state index contributed by atoms with van der Waals surface area (Å²) in [6, 6.07) is 10.9. The highest BCUT2D eigenvalue weighted by Crippen LogP contribution is 2.47. The molecule has 2 aromatic rings. The smallest absolute Gasteiger partial charge is 0.274 e. The summed E-state index contributed by atoms with van der Waals surface area (Å²) in [5.41, 5.74) is 2.73. The summed E-state index contributed by atoms with van der Waals surface area (Å²) in [6.45, 7) is 4.98. The highest BCUT2D eigenvalue weighted by Gasteiger charge is 2.54. The van der Waals surface area contributed by atoms with Crippen LogP contribution in [0, 0.1) is 12.8 Å². The number of fused-ring (bicyclic) bond motifs is 2. The quantitative estimate of drug-likeness (QED) is 0.906. The maximum absolute atomic E-state index is 13.3. The van der Waals surface area contributed by atoms with Gasteiger partial charge in [-0.25, -0.2) is 0 Å². The van der Waals surface area contributed by atoms with Crippen LogP contribution in [0.5, 0.6) is 5.75 Å². The van der Waals surface area contributed by atoms with Gasteiger partial charge >= 0.3 is 0 Å². The first-order chi connectivity index (χ1) is 13.2. The first-order valence-electron chi connectivity index (χ1n) is 9.86. The van der Waals surface area contributed by atoms with Crippen molar-refractivity contribution < 1.29 is 9.53 Å². The molecular weight excluding hydrogens is 340 g/mol. The van der Waals surface area contributed by atoms with Crippen LogP contribution in [0.3, 0.4) is 0 Å². The van der Waals surface area contributed by atoms with E-state index < -0.39 is 0 Å². The van der Waals surface area contributed by atoms with Crippen molar-refractivity contribution in [2.45, 2.75) is 37.8 Å². The van der Waals surface area contributed by atoms with Crippen molar-refractivity contribution in [3.05, 3.63) is 47.3 Å². The fourth-order valence-electron chi connectivity index (χ4n) is 5.49. The number of H-pyrrole nitrogens is 1. The molecule has 27 heavy (non-hydrogen) atoms. The van der Waals surface area contributed by atoms with Crippen molar-refractivity contribution in [2.24, 2.45) is 5.92 Å². The molecule has 5 heterocycles. The molecule has 6 heteroatoms. The molecule has 1 aromatic carbocycles. The number of carbonyl (C=O) groups is 1. The molecule has 4 fully saturated rings. The Hall–Kier alpha value is -2.34. The Morgan fingerprint density at radius 2 is 2.04 bits per heavy atom. The number of rotatable bonds is 3. The van der Waals surface area contributed by atoms with Gasteiger partial charge in [0.15, 0.2) is 0 Å². The molecule has 4 saturated heterocycles. The van der Waals surface area contributed by atoms with Crippen LogP contribution >= 0.6 is 0 Å². The second kappa shape index (κ2) is 6.37. The van der Waals surface area contributed by atoms with Gasteiger partial charge in [-0.2, -0.15) is 5.10 Å². The zero-order valence-corrected chi connectivity index (χ0v) is 15.9. The van der Waals surface area contributed by atoms with Crippen molar-refractivity contribution in [1.82, 2.24) is 20.0 Å². The lowest BCUT2D eigenvalue weighted by Crippen LogP contribution is -2.60. The van der Waals surface area contributed by atoms with E-state index in [0.717, 1.165) is 31.1 Å². The lowest BCUT2D eigenvalue weighted by atomic mass is 9.75. The molecule has 4 aliphatic rings. The summed E-state index contributed by atoms with van der Waals surface area (Å²) in [5, 5.41) is 7.15. The third-order valence-corrected chi connectivity index (χ3v) is 6.70. The minimum Gasteiger partial charge on any atom is -0.497 e. The Bertz CT molecular complexity index is 855. The molecule has 4 aliphatic heterocycles. The van der Waals surface area contributed by atoms with Gasteiger partial charge in [0.1, 0.15) is 11.4 Å². The molecule has 1 aromatic heterocycles. The van der Waals surface area contributed by atoms with Crippen LogP contribution < -0.4 is 4.74 Å². The number of aromatic nitrogens is 2. The van der Waals surface area contributed by atoms with E-state index in [4.69, 9.17) is 4.74 Å². The number of hydrogen-bond acceptors (Lipinski definition) is 4. The summed E-state index contributed by atoms with van der Waals surface area (Å²) >= 11 is 0. The normalized spacial score (nSPS) is 31.8. The number of hydrogen-bond donors (Lipinski definition) is 1. The van der Waals surface area contributed by atoms with Crippen molar-refractivity contribution in [3.8, 4) is 5.75 Å². The third kappa shape index (κ3) is 2.65. The lowest BCUT2D eigenvalue weighted by molar-refractivity contribution is -0.00359. The highest BCUT2D eigenvalue weighted by molar-refractivity contribution is 5.93. The molecule has 1 amide bonds. The molecule has 0 aliphatic carbocycles. The number of piperidine rings is 3. The lowest BCUT2D eigenvalue weighted by Gasteiger charge is -2.51. The van der Waals surface area contributed by atoms with Crippen LogP contribution in [0.25, 0.3) is 0 Å². The van der Waals surface area contributed by atoms with Gasteiger partial charge in [-0.3, -0.25) is 14.8 Å².